The van der Waals surface area contributed by atoms with Gasteiger partial charge in [-0.2, -0.15) is 0 Å². The number of nitrogens with two attached hydrogens (primary N) is 1. The first kappa shape index (κ1) is 15.7. The van der Waals surface area contributed by atoms with E-state index in [0.717, 1.165) is 16.8 Å². The van der Waals surface area contributed by atoms with E-state index >= 15 is 0 Å². The van der Waals surface area contributed by atoms with E-state index in [4.69, 9.17) is 15.2 Å². The Hall–Kier alpha value is -2.69. The van der Waals surface area contributed by atoms with Gasteiger partial charge in [-0.1, -0.05) is 12.1 Å². The van der Waals surface area contributed by atoms with Crippen molar-refractivity contribution < 1.29 is 14.3 Å². The summed E-state index contributed by atoms with van der Waals surface area (Å²) in [6, 6.07) is 8.91. The Labute approximate surface area is 130 Å². The Balaban J connectivity index is 2.35. The predicted octanol–water partition coefficient (Wildman–Crippen LogP) is 3.16. The largest absolute Gasteiger partial charge is 0.493 e. The third-order valence-corrected chi connectivity index (χ3v) is 3.65. The van der Waals surface area contributed by atoms with Crippen LogP contribution in [0.5, 0.6) is 11.5 Å². The average Bonchev–Trinajstić information content (AvgIpc) is 2.51. The van der Waals surface area contributed by atoms with Gasteiger partial charge in [-0.3, -0.25) is 4.79 Å². The maximum atomic E-state index is 12.5. The van der Waals surface area contributed by atoms with Crippen molar-refractivity contribution >= 4 is 17.3 Å². The molecule has 0 aliphatic heterocycles. The number of hydrogen-bond donors (Lipinski definition) is 2. The minimum absolute atomic E-state index is 0.285. The molecule has 0 unspecified atom stereocenters. The number of anilines is 2. The maximum Gasteiger partial charge on any atom is 0.257 e. The van der Waals surface area contributed by atoms with E-state index in [1.807, 2.05) is 32.0 Å². The molecule has 0 saturated carbocycles. The molecule has 1 amide bonds. The summed E-state index contributed by atoms with van der Waals surface area (Å²) >= 11 is 0. The van der Waals surface area contributed by atoms with E-state index in [2.05, 4.69) is 5.32 Å². The molecule has 0 saturated heterocycles. The van der Waals surface area contributed by atoms with Crippen molar-refractivity contribution in [3.05, 3.63) is 47.0 Å². The van der Waals surface area contributed by atoms with Crippen molar-refractivity contribution in [2.45, 2.75) is 13.8 Å². The first-order valence-electron chi connectivity index (χ1n) is 6.87. The molecule has 5 nitrogen and oxygen atoms in total. The molecule has 0 aliphatic carbocycles. The molecule has 2 rings (SSSR count). The van der Waals surface area contributed by atoms with Crippen LogP contribution in [0.25, 0.3) is 0 Å². The molecular formula is C17H20N2O3. The zero-order valence-electron chi connectivity index (χ0n) is 13.2. The fourth-order valence-corrected chi connectivity index (χ4v) is 2.17. The van der Waals surface area contributed by atoms with E-state index in [-0.39, 0.29) is 5.91 Å². The van der Waals surface area contributed by atoms with Crippen molar-refractivity contribution in [3.63, 3.8) is 0 Å². The lowest BCUT2D eigenvalue weighted by Gasteiger charge is -2.14. The molecule has 22 heavy (non-hydrogen) atoms. The van der Waals surface area contributed by atoms with Crippen molar-refractivity contribution in [3.8, 4) is 11.5 Å². The Bertz CT molecular complexity index is 711. The number of nitrogens with one attached hydrogen (secondary N) is 1. The second-order valence-electron chi connectivity index (χ2n) is 5.00. The van der Waals surface area contributed by atoms with Gasteiger partial charge in [-0.05, 0) is 37.1 Å². The molecule has 0 aliphatic rings. The summed E-state index contributed by atoms with van der Waals surface area (Å²) in [5, 5.41) is 2.88. The first-order valence-corrected chi connectivity index (χ1v) is 6.87. The standard InChI is InChI=1S/C17H20N2O3/c1-10-6-5-7-14(11(10)2)19-17(20)12-8-15(21-3)16(22-4)9-13(12)18/h5-9H,18H2,1-4H3,(H,19,20). The normalized spacial score (nSPS) is 10.2. The van der Waals surface area contributed by atoms with Crippen LogP contribution in [0.4, 0.5) is 11.4 Å². The van der Waals surface area contributed by atoms with Crippen LogP contribution in [0.2, 0.25) is 0 Å². The molecule has 2 aromatic carbocycles. The fraction of sp³-hybridized carbons (Fsp3) is 0.235. The van der Waals surface area contributed by atoms with Crippen LogP contribution in [0, 0.1) is 13.8 Å². The molecule has 5 heteroatoms. The summed E-state index contributed by atoms with van der Waals surface area (Å²) in [7, 11) is 3.04. The summed E-state index contributed by atoms with van der Waals surface area (Å²) in [4.78, 5) is 12.5. The van der Waals surface area contributed by atoms with Crippen LogP contribution in [0.3, 0.4) is 0 Å². The highest BCUT2D eigenvalue weighted by Gasteiger charge is 2.16. The van der Waals surface area contributed by atoms with Gasteiger partial charge >= 0.3 is 0 Å². The minimum Gasteiger partial charge on any atom is -0.493 e. The number of methoxy groups -OCH3 is 2. The van der Waals surface area contributed by atoms with Crippen molar-refractivity contribution in [1.29, 1.82) is 0 Å². The van der Waals surface area contributed by atoms with E-state index in [1.54, 1.807) is 12.1 Å². The summed E-state index contributed by atoms with van der Waals surface area (Å²) in [5.74, 6) is 0.665. The number of benzene rings is 2. The van der Waals surface area contributed by atoms with Crippen LogP contribution in [0.1, 0.15) is 21.5 Å². The van der Waals surface area contributed by atoms with E-state index in [0.29, 0.717) is 22.7 Å². The molecular weight excluding hydrogens is 280 g/mol. The summed E-state index contributed by atoms with van der Waals surface area (Å²) in [5.41, 5.74) is 9.52. The monoisotopic (exact) mass is 300 g/mol. The van der Waals surface area contributed by atoms with Crippen LogP contribution in [-0.2, 0) is 0 Å². The van der Waals surface area contributed by atoms with Crippen LogP contribution in [0.15, 0.2) is 30.3 Å². The van der Waals surface area contributed by atoms with E-state index < -0.39 is 0 Å². The Kier molecular flexibility index (Phi) is 4.56. The number of hydrogen-bond acceptors (Lipinski definition) is 4. The number of carbonyl (C=O) groups is 1. The molecule has 0 bridgehead atoms. The van der Waals surface area contributed by atoms with Gasteiger partial charge in [0, 0.05) is 17.4 Å². The van der Waals surface area contributed by atoms with Crippen molar-refractivity contribution in [2.24, 2.45) is 0 Å². The zero-order chi connectivity index (χ0) is 16.3. The number of aryl methyl sites for hydroxylation is 1. The van der Waals surface area contributed by atoms with Crippen LogP contribution < -0.4 is 20.5 Å². The Morgan fingerprint density at radius 1 is 1.09 bits per heavy atom. The smallest absolute Gasteiger partial charge is 0.257 e. The van der Waals surface area contributed by atoms with Gasteiger partial charge in [0.2, 0.25) is 0 Å². The third kappa shape index (κ3) is 2.98. The van der Waals surface area contributed by atoms with Crippen LogP contribution in [-0.4, -0.2) is 20.1 Å². The average molecular weight is 300 g/mol. The number of amides is 1. The van der Waals surface area contributed by atoms with E-state index in [1.165, 1.54) is 14.2 Å². The predicted molar refractivity (Wildman–Crippen MR) is 87.8 cm³/mol. The van der Waals surface area contributed by atoms with Gasteiger partial charge in [-0.15, -0.1) is 0 Å². The number of ether oxygens (including phenoxy) is 2. The van der Waals surface area contributed by atoms with Gasteiger partial charge in [0.1, 0.15) is 0 Å². The summed E-state index contributed by atoms with van der Waals surface area (Å²) in [6.07, 6.45) is 0. The lowest BCUT2D eigenvalue weighted by atomic mass is 10.1. The van der Waals surface area contributed by atoms with Gasteiger partial charge in [0.05, 0.1) is 19.8 Å². The lowest BCUT2D eigenvalue weighted by molar-refractivity contribution is 0.102. The van der Waals surface area contributed by atoms with Crippen molar-refractivity contribution in [2.75, 3.05) is 25.3 Å². The molecule has 2 aromatic rings. The van der Waals surface area contributed by atoms with Gasteiger partial charge in [0.15, 0.2) is 11.5 Å². The molecule has 3 N–H and O–H groups in total. The number of nitrogen functional groups attached to an aromatic ring is 1. The first-order chi connectivity index (χ1) is 10.5. The Morgan fingerprint density at radius 2 is 1.73 bits per heavy atom. The highest BCUT2D eigenvalue weighted by atomic mass is 16.5. The SMILES string of the molecule is COc1cc(N)c(C(=O)Nc2cccc(C)c2C)cc1OC. The van der Waals surface area contributed by atoms with Gasteiger partial charge < -0.3 is 20.5 Å². The third-order valence-electron chi connectivity index (χ3n) is 3.65. The summed E-state index contributed by atoms with van der Waals surface area (Å²) in [6.45, 7) is 3.96. The fourth-order valence-electron chi connectivity index (χ4n) is 2.17. The highest BCUT2D eigenvalue weighted by molar-refractivity contribution is 6.08. The zero-order valence-corrected chi connectivity index (χ0v) is 13.2. The highest BCUT2D eigenvalue weighted by Crippen LogP contribution is 2.32. The molecule has 0 fully saturated rings. The Morgan fingerprint density at radius 3 is 2.36 bits per heavy atom. The minimum atomic E-state index is -0.285. The molecule has 116 valence electrons. The molecule has 0 radical (unpaired) electrons. The number of carbonyl (C=O) groups excluding carboxylic acids is 1. The number of rotatable bonds is 4. The molecule has 0 aromatic heterocycles. The summed E-state index contributed by atoms with van der Waals surface area (Å²) < 4.78 is 10.4. The lowest BCUT2D eigenvalue weighted by Crippen LogP contribution is -2.15. The second kappa shape index (κ2) is 6.39. The second-order valence-corrected chi connectivity index (χ2v) is 5.00. The molecule has 0 atom stereocenters. The van der Waals surface area contributed by atoms with Crippen molar-refractivity contribution in [1.82, 2.24) is 0 Å². The topological polar surface area (TPSA) is 73.6 Å². The van der Waals surface area contributed by atoms with Gasteiger partial charge in [-0.25, -0.2) is 0 Å². The van der Waals surface area contributed by atoms with Gasteiger partial charge in [0.25, 0.3) is 5.91 Å². The molecule has 0 spiro atoms. The van der Waals surface area contributed by atoms with Crippen LogP contribution >= 0.6 is 0 Å². The van der Waals surface area contributed by atoms with E-state index in [9.17, 15) is 4.79 Å². The molecule has 0 heterocycles. The maximum absolute atomic E-state index is 12.5. The quantitative estimate of drug-likeness (QED) is 0.851.